The maximum Gasteiger partial charge on any atom is 0.220 e. The highest BCUT2D eigenvalue weighted by Gasteiger charge is 2.14. The lowest BCUT2D eigenvalue weighted by Gasteiger charge is -2.07. The van der Waals surface area contributed by atoms with Gasteiger partial charge in [0, 0.05) is 12.1 Å². The minimum Gasteiger partial charge on any atom is -0.349 e. The van der Waals surface area contributed by atoms with Gasteiger partial charge in [-0.2, -0.15) is 0 Å². The molecule has 4 nitrogen and oxygen atoms in total. The number of carbonyl (C=O) groups excluding carboxylic acids is 1. The van der Waals surface area contributed by atoms with Gasteiger partial charge in [0.1, 0.15) is 5.82 Å². The first kappa shape index (κ1) is 10.2. The molecule has 1 aliphatic carbocycles. The quantitative estimate of drug-likeness (QED) is 0.785. The molecule has 0 saturated carbocycles. The fourth-order valence-electron chi connectivity index (χ4n) is 1.90. The molecular weight excluding hydrogens is 190 g/mol. The van der Waals surface area contributed by atoms with Crippen LogP contribution in [0.15, 0.2) is 0 Å². The van der Waals surface area contributed by atoms with Gasteiger partial charge in [0.25, 0.3) is 0 Å². The second-order valence-corrected chi connectivity index (χ2v) is 3.95. The number of aryl methyl sites for hydroxylation is 2. The molecule has 0 radical (unpaired) electrons. The molecule has 2 N–H and O–H groups in total. The predicted octanol–water partition coefficient (Wildman–Crippen LogP) is 1.31. The summed E-state index contributed by atoms with van der Waals surface area (Å²) < 4.78 is 0. The summed E-state index contributed by atoms with van der Waals surface area (Å²) in [5, 5.41) is 2.83. The van der Waals surface area contributed by atoms with E-state index in [1.54, 1.807) is 0 Å². The molecule has 0 aliphatic heterocycles. The third-order valence-corrected chi connectivity index (χ3v) is 2.78. The Hall–Kier alpha value is -1.32. The summed E-state index contributed by atoms with van der Waals surface area (Å²) in [6, 6.07) is 0. The molecule has 0 spiro atoms. The number of rotatable bonds is 3. The number of hydrogen-bond acceptors (Lipinski definition) is 2. The smallest absolute Gasteiger partial charge is 0.220 e. The van der Waals surface area contributed by atoms with E-state index in [2.05, 4.69) is 15.3 Å². The third-order valence-electron chi connectivity index (χ3n) is 2.78. The van der Waals surface area contributed by atoms with Gasteiger partial charge >= 0.3 is 0 Å². The van der Waals surface area contributed by atoms with Gasteiger partial charge in [0.15, 0.2) is 0 Å². The van der Waals surface area contributed by atoms with Crippen molar-refractivity contribution in [2.24, 2.45) is 0 Å². The summed E-state index contributed by atoms with van der Waals surface area (Å²) in [6.45, 7) is 2.38. The summed E-state index contributed by atoms with van der Waals surface area (Å²) in [5.74, 6) is 0.966. The van der Waals surface area contributed by atoms with Crippen molar-refractivity contribution in [3.63, 3.8) is 0 Å². The monoisotopic (exact) mass is 207 g/mol. The zero-order valence-corrected chi connectivity index (χ0v) is 9.10. The van der Waals surface area contributed by atoms with E-state index in [4.69, 9.17) is 0 Å². The zero-order chi connectivity index (χ0) is 10.7. The summed E-state index contributed by atoms with van der Waals surface area (Å²) in [5.41, 5.74) is 2.46. The van der Waals surface area contributed by atoms with Crippen LogP contribution in [0.1, 0.15) is 43.4 Å². The van der Waals surface area contributed by atoms with Crippen LogP contribution in [-0.4, -0.2) is 15.9 Å². The van der Waals surface area contributed by atoms with Crippen LogP contribution in [-0.2, 0) is 24.2 Å². The molecule has 0 fully saturated rings. The summed E-state index contributed by atoms with van der Waals surface area (Å²) in [6.07, 6.45) is 5.19. The van der Waals surface area contributed by atoms with E-state index in [-0.39, 0.29) is 5.91 Å². The van der Waals surface area contributed by atoms with Crippen LogP contribution in [0.4, 0.5) is 0 Å². The first-order valence-electron chi connectivity index (χ1n) is 5.63. The molecule has 4 heteroatoms. The Balaban J connectivity index is 1.97. The Bertz CT molecular complexity index is 333. The number of nitrogens with one attached hydrogen (secondary N) is 2. The fraction of sp³-hybridized carbons (Fsp3) is 0.636. The van der Waals surface area contributed by atoms with Gasteiger partial charge in [0.05, 0.1) is 12.2 Å². The lowest BCUT2D eigenvalue weighted by molar-refractivity contribution is -0.120. The number of hydrogen-bond donors (Lipinski definition) is 2. The minimum absolute atomic E-state index is 0.0735. The van der Waals surface area contributed by atoms with Gasteiger partial charge in [-0.25, -0.2) is 4.98 Å². The van der Waals surface area contributed by atoms with E-state index < -0.39 is 0 Å². The number of imidazole rings is 1. The van der Waals surface area contributed by atoms with Gasteiger partial charge in [0.2, 0.25) is 5.91 Å². The molecular formula is C11H17N3O. The van der Waals surface area contributed by atoms with Crippen molar-refractivity contribution < 1.29 is 4.79 Å². The highest BCUT2D eigenvalue weighted by molar-refractivity contribution is 5.75. The van der Waals surface area contributed by atoms with Crippen molar-refractivity contribution in [1.29, 1.82) is 0 Å². The van der Waals surface area contributed by atoms with E-state index in [9.17, 15) is 4.79 Å². The van der Waals surface area contributed by atoms with Crippen molar-refractivity contribution in [1.82, 2.24) is 15.3 Å². The number of aromatic amines is 1. The Morgan fingerprint density at radius 3 is 3.00 bits per heavy atom. The van der Waals surface area contributed by atoms with Crippen molar-refractivity contribution in [2.45, 2.75) is 45.6 Å². The topological polar surface area (TPSA) is 57.8 Å². The SMILES string of the molecule is CCC(=O)NCc1nc2c([nH]1)CCCC2. The zero-order valence-electron chi connectivity index (χ0n) is 9.10. The van der Waals surface area contributed by atoms with Gasteiger partial charge in [-0.3, -0.25) is 4.79 Å². The molecule has 15 heavy (non-hydrogen) atoms. The normalized spacial score (nSPS) is 14.7. The molecule has 0 aromatic carbocycles. The van der Waals surface area contributed by atoms with Crippen LogP contribution < -0.4 is 5.32 Å². The van der Waals surface area contributed by atoms with E-state index in [0.717, 1.165) is 18.7 Å². The minimum atomic E-state index is 0.0735. The van der Waals surface area contributed by atoms with Gasteiger partial charge in [-0.05, 0) is 25.7 Å². The Morgan fingerprint density at radius 1 is 1.47 bits per heavy atom. The number of carbonyl (C=O) groups is 1. The second kappa shape index (κ2) is 4.47. The first-order valence-corrected chi connectivity index (χ1v) is 5.63. The molecule has 0 atom stereocenters. The first-order chi connectivity index (χ1) is 7.29. The third kappa shape index (κ3) is 2.37. The molecule has 82 valence electrons. The van der Waals surface area contributed by atoms with Gasteiger partial charge in [-0.1, -0.05) is 6.92 Å². The average Bonchev–Trinajstić information content (AvgIpc) is 2.68. The number of aromatic nitrogens is 2. The van der Waals surface area contributed by atoms with Crippen LogP contribution in [0.25, 0.3) is 0 Å². The van der Waals surface area contributed by atoms with E-state index in [1.807, 2.05) is 6.92 Å². The van der Waals surface area contributed by atoms with Gasteiger partial charge < -0.3 is 10.3 Å². The number of H-pyrrole nitrogens is 1. The number of amides is 1. The number of fused-ring (bicyclic) bond motifs is 1. The summed E-state index contributed by atoms with van der Waals surface area (Å²) in [7, 11) is 0. The fourth-order valence-corrected chi connectivity index (χ4v) is 1.90. The molecule has 1 heterocycles. The van der Waals surface area contributed by atoms with Crippen LogP contribution >= 0.6 is 0 Å². The maximum absolute atomic E-state index is 11.1. The molecule has 0 unspecified atom stereocenters. The predicted molar refractivity (Wildman–Crippen MR) is 57.4 cm³/mol. The molecule has 1 amide bonds. The number of nitrogens with zero attached hydrogens (tertiary/aromatic N) is 1. The molecule has 1 aliphatic rings. The van der Waals surface area contributed by atoms with Crippen LogP contribution in [0.2, 0.25) is 0 Å². The van der Waals surface area contributed by atoms with E-state index in [1.165, 1.54) is 24.2 Å². The largest absolute Gasteiger partial charge is 0.349 e. The lowest BCUT2D eigenvalue weighted by atomic mass is 10.0. The molecule has 1 aromatic rings. The standard InChI is InChI=1S/C11H17N3O/c1-2-11(15)12-7-10-13-8-5-3-4-6-9(8)14-10/h2-7H2,1H3,(H,12,15)(H,13,14). The van der Waals surface area contributed by atoms with Crippen LogP contribution in [0.5, 0.6) is 0 Å². The highest BCUT2D eigenvalue weighted by Crippen LogP contribution is 2.18. The molecule has 2 rings (SSSR count). The van der Waals surface area contributed by atoms with Gasteiger partial charge in [-0.15, -0.1) is 0 Å². The van der Waals surface area contributed by atoms with Crippen LogP contribution in [0.3, 0.4) is 0 Å². The van der Waals surface area contributed by atoms with E-state index >= 15 is 0 Å². The lowest BCUT2D eigenvalue weighted by Crippen LogP contribution is -2.22. The highest BCUT2D eigenvalue weighted by atomic mass is 16.1. The summed E-state index contributed by atoms with van der Waals surface area (Å²) in [4.78, 5) is 18.8. The van der Waals surface area contributed by atoms with Crippen molar-refractivity contribution >= 4 is 5.91 Å². The molecule has 0 bridgehead atoms. The molecule has 0 saturated heterocycles. The van der Waals surface area contributed by atoms with E-state index in [0.29, 0.717) is 13.0 Å². The Labute approximate surface area is 89.5 Å². The maximum atomic E-state index is 11.1. The van der Waals surface area contributed by atoms with Crippen molar-refractivity contribution in [3.8, 4) is 0 Å². The Morgan fingerprint density at radius 2 is 2.27 bits per heavy atom. The van der Waals surface area contributed by atoms with Crippen molar-refractivity contribution in [2.75, 3.05) is 0 Å². The van der Waals surface area contributed by atoms with Crippen molar-refractivity contribution in [3.05, 3.63) is 17.2 Å². The average molecular weight is 207 g/mol. The molecule has 1 aromatic heterocycles. The second-order valence-electron chi connectivity index (χ2n) is 3.95. The van der Waals surface area contributed by atoms with Crippen LogP contribution in [0, 0.1) is 0 Å². The Kier molecular flexibility index (Phi) is 3.04. The summed E-state index contributed by atoms with van der Waals surface area (Å²) >= 11 is 0.